The second-order valence-electron chi connectivity index (χ2n) is 6.15. The van der Waals surface area contributed by atoms with Crippen LogP contribution in [0.2, 0.25) is 0 Å². The van der Waals surface area contributed by atoms with Gasteiger partial charge in [-0.1, -0.05) is 11.3 Å². The molecule has 0 saturated carbocycles. The third-order valence-corrected chi connectivity index (χ3v) is 5.26. The maximum atomic E-state index is 12.4. The topological polar surface area (TPSA) is 96.3 Å². The first-order valence-electron chi connectivity index (χ1n) is 8.46. The quantitative estimate of drug-likeness (QED) is 0.656. The molecule has 0 aliphatic carbocycles. The van der Waals surface area contributed by atoms with Gasteiger partial charge < -0.3 is 15.1 Å². The number of furan rings is 1. The summed E-state index contributed by atoms with van der Waals surface area (Å²) in [7, 11) is 0. The predicted octanol–water partition coefficient (Wildman–Crippen LogP) is 3.08. The normalized spacial score (nSPS) is 15.1. The fourth-order valence-electron chi connectivity index (χ4n) is 2.95. The first-order valence-corrected chi connectivity index (χ1v) is 9.28. The van der Waals surface area contributed by atoms with Crippen molar-refractivity contribution >= 4 is 44.2 Å². The van der Waals surface area contributed by atoms with Crippen molar-refractivity contribution in [3.05, 3.63) is 42.4 Å². The summed E-state index contributed by atoms with van der Waals surface area (Å²) in [6, 6.07) is 8.81. The van der Waals surface area contributed by atoms with Gasteiger partial charge in [-0.3, -0.25) is 14.9 Å². The lowest BCUT2D eigenvalue weighted by Gasteiger charge is -2.21. The van der Waals surface area contributed by atoms with Gasteiger partial charge in [0.2, 0.25) is 5.91 Å². The summed E-state index contributed by atoms with van der Waals surface area (Å²) in [6.07, 6.45) is 3.17. The van der Waals surface area contributed by atoms with Crippen LogP contribution in [0.1, 0.15) is 23.4 Å². The van der Waals surface area contributed by atoms with Crippen molar-refractivity contribution in [3.63, 3.8) is 0 Å². The van der Waals surface area contributed by atoms with Gasteiger partial charge in [-0.15, -0.1) is 0 Å². The average Bonchev–Trinajstić information content (AvgIpc) is 3.31. The molecule has 0 unspecified atom stereocenters. The Morgan fingerprint density at radius 1 is 1.19 bits per heavy atom. The first-order chi connectivity index (χ1) is 12.7. The van der Waals surface area contributed by atoms with Crippen LogP contribution in [0.3, 0.4) is 0 Å². The van der Waals surface area contributed by atoms with Gasteiger partial charge in [-0.05, 0) is 56.3 Å². The SMILES string of the molecule is O=C(Nc1nc2ccc(NC(=O)C3CCNCC3)cc2s1)c1ccco1. The molecule has 1 saturated heterocycles. The Morgan fingerprint density at radius 3 is 2.81 bits per heavy atom. The van der Waals surface area contributed by atoms with Crippen molar-refractivity contribution in [2.45, 2.75) is 12.8 Å². The minimum Gasteiger partial charge on any atom is -0.459 e. The molecule has 2 aromatic heterocycles. The zero-order chi connectivity index (χ0) is 17.9. The molecule has 4 rings (SSSR count). The third kappa shape index (κ3) is 3.61. The van der Waals surface area contributed by atoms with E-state index in [0.717, 1.165) is 41.8 Å². The highest BCUT2D eigenvalue weighted by Crippen LogP contribution is 2.29. The summed E-state index contributed by atoms with van der Waals surface area (Å²) in [5.41, 5.74) is 1.51. The van der Waals surface area contributed by atoms with Crippen molar-refractivity contribution in [3.8, 4) is 0 Å². The molecule has 1 aromatic carbocycles. The standard InChI is InChI=1S/C18H18N4O3S/c23-16(11-5-7-19-8-6-11)20-12-3-4-13-15(10-12)26-18(21-13)22-17(24)14-2-1-9-25-14/h1-4,9-11,19H,5-8H2,(H,20,23)(H,21,22,24). The highest BCUT2D eigenvalue weighted by molar-refractivity contribution is 7.22. The molecule has 1 aliphatic heterocycles. The maximum Gasteiger partial charge on any atom is 0.293 e. The Balaban J connectivity index is 1.47. The molecule has 1 fully saturated rings. The predicted molar refractivity (Wildman–Crippen MR) is 101 cm³/mol. The fourth-order valence-corrected chi connectivity index (χ4v) is 3.85. The van der Waals surface area contributed by atoms with E-state index in [4.69, 9.17) is 4.42 Å². The lowest BCUT2D eigenvalue weighted by molar-refractivity contribution is -0.120. The average molecular weight is 370 g/mol. The van der Waals surface area contributed by atoms with Crippen LogP contribution in [0.5, 0.6) is 0 Å². The summed E-state index contributed by atoms with van der Waals surface area (Å²) >= 11 is 1.35. The van der Waals surface area contributed by atoms with E-state index >= 15 is 0 Å². The Morgan fingerprint density at radius 2 is 2.04 bits per heavy atom. The minimum absolute atomic E-state index is 0.0524. The molecule has 7 nitrogen and oxygen atoms in total. The highest BCUT2D eigenvalue weighted by Gasteiger charge is 2.21. The monoisotopic (exact) mass is 370 g/mol. The number of piperidine rings is 1. The van der Waals surface area contributed by atoms with Gasteiger partial charge in [0.15, 0.2) is 10.9 Å². The lowest BCUT2D eigenvalue weighted by Crippen LogP contribution is -2.34. The third-order valence-electron chi connectivity index (χ3n) is 4.33. The number of nitrogens with zero attached hydrogens (tertiary/aromatic N) is 1. The number of rotatable bonds is 4. The lowest BCUT2D eigenvalue weighted by atomic mass is 9.97. The maximum absolute atomic E-state index is 12.4. The molecule has 0 atom stereocenters. The van der Waals surface area contributed by atoms with Crippen molar-refractivity contribution in [2.75, 3.05) is 23.7 Å². The minimum atomic E-state index is -0.339. The van der Waals surface area contributed by atoms with Gasteiger partial charge in [0, 0.05) is 11.6 Å². The summed E-state index contributed by atoms with van der Waals surface area (Å²) in [4.78, 5) is 28.8. The Bertz CT molecular complexity index is 929. The number of anilines is 2. The number of amides is 2. The zero-order valence-electron chi connectivity index (χ0n) is 14.0. The number of nitrogens with one attached hydrogen (secondary N) is 3. The van der Waals surface area contributed by atoms with Crippen molar-refractivity contribution < 1.29 is 14.0 Å². The summed E-state index contributed by atoms with van der Waals surface area (Å²) in [6.45, 7) is 1.76. The molecule has 0 bridgehead atoms. The highest BCUT2D eigenvalue weighted by atomic mass is 32.1. The number of carbonyl (C=O) groups is 2. The van der Waals surface area contributed by atoms with Gasteiger partial charge >= 0.3 is 0 Å². The van der Waals surface area contributed by atoms with Gasteiger partial charge in [-0.2, -0.15) is 0 Å². The van der Waals surface area contributed by atoms with Crippen LogP contribution in [-0.4, -0.2) is 29.9 Å². The molecule has 134 valence electrons. The van der Waals surface area contributed by atoms with E-state index in [-0.39, 0.29) is 23.5 Å². The van der Waals surface area contributed by atoms with Gasteiger partial charge in [0.1, 0.15) is 0 Å². The number of hydrogen-bond acceptors (Lipinski definition) is 6. The Kier molecular flexibility index (Phi) is 4.68. The number of benzene rings is 1. The van der Waals surface area contributed by atoms with E-state index in [1.807, 2.05) is 18.2 Å². The van der Waals surface area contributed by atoms with Crippen molar-refractivity contribution in [1.29, 1.82) is 0 Å². The van der Waals surface area contributed by atoms with Crippen LogP contribution in [0.4, 0.5) is 10.8 Å². The molecule has 0 spiro atoms. The fraction of sp³-hybridized carbons (Fsp3) is 0.278. The number of hydrogen-bond donors (Lipinski definition) is 3. The van der Waals surface area contributed by atoms with Crippen LogP contribution < -0.4 is 16.0 Å². The summed E-state index contributed by atoms with van der Waals surface area (Å²) in [5.74, 6) is 0.00549. The van der Waals surface area contributed by atoms with Crippen molar-refractivity contribution in [2.24, 2.45) is 5.92 Å². The molecule has 3 N–H and O–H groups in total. The Labute approximate surface area is 153 Å². The van der Waals surface area contributed by atoms with E-state index in [9.17, 15) is 9.59 Å². The van der Waals surface area contributed by atoms with Gasteiger partial charge in [0.25, 0.3) is 5.91 Å². The molecule has 8 heteroatoms. The molecular weight excluding hydrogens is 352 g/mol. The molecular formula is C18H18N4O3S. The number of carbonyl (C=O) groups excluding carboxylic acids is 2. The van der Waals surface area contributed by atoms with E-state index in [1.54, 1.807) is 12.1 Å². The second kappa shape index (κ2) is 7.27. The van der Waals surface area contributed by atoms with Gasteiger partial charge in [-0.25, -0.2) is 4.98 Å². The number of aromatic nitrogens is 1. The van der Waals surface area contributed by atoms with E-state index < -0.39 is 0 Å². The first kappa shape index (κ1) is 16.7. The van der Waals surface area contributed by atoms with Crippen LogP contribution >= 0.6 is 11.3 Å². The van der Waals surface area contributed by atoms with Crippen LogP contribution in [0.15, 0.2) is 41.0 Å². The molecule has 0 radical (unpaired) electrons. The molecule has 3 aromatic rings. The van der Waals surface area contributed by atoms with Gasteiger partial charge in [0.05, 0.1) is 16.5 Å². The summed E-state index contributed by atoms with van der Waals surface area (Å²) < 4.78 is 5.97. The van der Waals surface area contributed by atoms with E-state index in [0.29, 0.717) is 5.13 Å². The van der Waals surface area contributed by atoms with Crippen molar-refractivity contribution in [1.82, 2.24) is 10.3 Å². The molecule has 1 aliphatic rings. The summed E-state index contributed by atoms with van der Waals surface area (Å²) in [5, 5.41) is 9.46. The van der Waals surface area contributed by atoms with Crippen LogP contribution in [0.25, 0.3) is 10.2 Å². The number of fused-ring (bicyclic) bond motifs is 1. The Hall–Kier alpha value is -2.71. The largest absolute Gasteiger partial charge is 0.459 e. The van der Waals surface area contributed by atoms with E-state index in [1.165, 1.54) is 17.6 Å². The second-order valence-corrected chi connectivity index (χ2v) is 7.18. The molecule has 3 heterocycles. The zero-order valence-corrected chi connectivity index (χ0v) is 14.8. The number of thiazole rings is 1. The van der Waals surface area contributed by atoms with Crippen LogP contribution in [0, 0.1) is 5.92 Å². The van der Waals surface area contributed by atoms with Crippen LogP contribution in [-0.2, 0) is 4.79 Å². The molecule has 26 heavy (non-hydrogen) atoms. The van der Waals surface area contributed by atoms with E-state index in [2.05, 4.69) is 20.9 Å². The molecule has 2 amide bonds. The smallest absolute Gasteiger partial charge is 0.293 e.